The lowest BCUT2D eigenvalue weighted by atomic mass is 9.89. The molecule has 2 aliphatic carbocycles. The first-order chi connectivity index (χ1) is 9.74. The number of carbonyl (C=O) groups excluding carboxylic acids is 1. The molecule has 2 aliphatic rings. The maximum atomic E-state index is 12.1. The third kappa shape index (κ3) is 3.09. The summed E-state index contributed by atoms with van der Waals surface area (Å²) < 4.78 is 0. The van der Waals surface area contributed by atoms with Gasteiger partial charge in [0.2, 0.25) is 5.91 Å². The molecule has 0 saturated heterocycles. The second kappa shape index (κ2) is 5.78. The summed E-state index contributed by atoms with van der Waals surface area (Å²) in [7, 11) is 0. The van der Waals surface area contributed by atoms with Crippen molar-refractivity contribution in [3.8, 4) is 0 Å². The van der Waals surface area contributed by atoms with E-state index in [1.807, 2.05) is 18.2 Å². The number of nitrogens with one attached hydrogen (secondary N) is 1. The molecule has 20 heavy (non-hydrogen) atoms. The largest absolute Gasteiger partial charge is 0.273 e. The molecule has 3 atom stereocenters. The van der Waals surface area contributed by atoms with Gasteiger partial charge in [-0.15, -0.1) is 0 Å². The lowest BCUT2D eigenvalue weighted by molar-refractivity contribution is -0.122. The number of hydrogen-bond acceptors (Lipinski definition) is 2. The fourth-order valence-electron chi connectivity index (χ4n) is 3.13. The average molecular weight is 270 g/mol. The Hall–Kier alpha value is -1.64. The molecule has 3 heteroatoms. The molecule has 0 bridgehead atoms. The fourth-order valence-corrected chi connectivity index (χ4v) is 3.13. The molecule has 0 heterocycles. The van der Waals surface area contributed by atoms with Crippen molar-refractivity contribution in [2.24, 2.45) is 16.9 Å². The van der Waals surface area contributed by atoms with Crippen LogP contribution in [0.1, 0.15) is 50.5 Å². The van der Waals surface area contributed by atoms with Crippen molar-refractivity contribution < 1.29 is 4.79 Å². The predicted octanol–water partition coefficient (Wildman–Crippen LogP) is 3.47. The second-order valence-corrected chi connectivity index (χ2v) is 6.21. The van der Waals surface area contributed by atoms with Gasteiger partial charge in [0, 0.05) is 11.6 Å². The molecule has 2 saturated carbocycles. The third-order valence-corrected chi connectivity index (χ3v) is 4.43. The fraction of sp³-hybridized carbons (Fsp3) is 0.529. The minimum Gasteiger partial charge on any atom is -0.273 e. The number of carbonyl (C=O) groups is 1. The molecule has 0 radical (unpaired) electrons. The number of hydrazone groups is 1. The van der Waals surface area contributed by atoms with Gasteiger partial charge in [-0.25, -0.2) is 5.43 Å². The van der Waals surface area contributed by atoms with Gasteiger partial charge in [0.05, 0.1) is 0 Å². The lowest BCUT2D eigenvalue weighted by Crippen LogP contribution is -2.23. The molecule has 3 nitrogen and oxygen atoms in total. The van der Waals surface area contributed by atoms with Crippen molar-refractivity contribution in [1.82, 2.24) is 5.43 Å². The molecule has 2 fully saturated rings. The summed E-state index contributed by atoms with van der Waals surface area (Å²) in [4.78, 5) is 12.1. The van der Waals surface area contributed by atoms with Crippen LogP contribution in [0.5, 0.6) is 0 Å². The zero-order chi connectivity index (χ0) is 13.9. The average Bonchev–Trinajstić information content (AvgIpc) is 3.26. The van der Waals surface area contributed by atoms with Gasteiger partial charge in [-0.05, 0) is 49.5 Å². The minimum atomic E-state index is 0.0876. The SMILES string of the molecule is C[C@H]1CCCC(=NNC(=O)[C@@H]2C[C@H]2c2ccccc2)C1. The molecule has 1 aromatic carbocycles. The first-order valence-corrected chi connectivity index (χ1v) is 7.64. The van der Waals surface area contributed by atoms with Gasteiger partial charge in [-0.1, -0.05) is 37.3 Å². The van der Waals surface area contributed by atoms with Gasteiger partial charge in [-0.2, -0.15) is 5.10 Å². The molecule has 1 N–H and O–H groups in total. The van der Waals surface area contributed by atoms with Crippen LogP contribution in [0.2, 0.25) is 0 Å². The first kappa shape index (κ1) is 13.3. The second-order valence-electron chi connectivity index (χ2n) is 6.21. The Labute approximate surface area is 120 Å². The molecule has 0 aliphatic heterocycles. The lowest BCUT2D eigenvalue weighted by Gasteiger charge is -2.18. The van der Waals surface area contributed by atoms with Crippen LogP contribution in [-0.2, 0) is 4.79 Å². The third-order valence-electron chi connectivity index (χ3n) is 4.43. The maximum absolute atomic E-state index is 12.1. The highest BCUT2D eigenvalue weighted by Gasteiger charge is 2.43. The molecule has 1 amide bonds. The monoisotopic (exact) mass is 270 g/mol. The summed E-state index contributed by atoms with van der Waals surface area (Å²) in [5, 5.41) is 4.34. The standard InChI is InChI=1S/C17H22N2O/c1-12-6-5-9-14(10-12)18-19-17(20)16-11-15(16)13-7-3-2-4-8-13/h2-4,7-8,12,15-16H,5-6,9-11H2,1H3,(H,19,20)/t12-,15-,16+/m0/s1. The topological polar surface area (TPSA) is 41.5 Å². The number of amides is 1. The Bertz CT molecular complexity index is 509. The Morgan fingerprint density at radius 3 is 2.85 bits per heavy atom. The van der Waals surface area contributed by atoms with E-state index in [1.165, 1.54) is 18.4 Å². The molecule has 0 unspecified atom stereocenters. The van der Waals surface area contributed by atoms with Crippen LogP contribution in [0.15, 0.2) is 35.4 Å². The molecule has 3 rings (SSSR count). The Balaban J connectivity index is 1.53. The van der Waals surface area contributed by atoms with E-state index in [-0.39, 0.29) is 11.8 Å². The van der Waals surface area contributed by atoms with E-state index in [9.17, 15) is 4.79 Å². The van der Waals surface area contributed by atoms with Gasteiger partial charge in [-0.3, -0.25) is 4.79 Å². The summed E-state index contributed by atoms with van der Waals surface area (Å²) in [6, 6.07) is 10.3. The zero-order valence-electron chi connectivity index (χ0n) is 12.0. The minimum absolute atomic E-state index is 0.0876. The highest BCUT2D eigenvalue weighted by atomic mass is 16.2. The van der Waals surface area contributed by atoms with Crippen LogP contribution in [0.3, 0.4) is 0 Å². The highest BCUT2D eigenvalue weighted by molar-refractivity contribution is 5.88. The molecule has 1 aromatic rings. The molecule has 106 valence electrons. The van der Waals surface area contributed by atoms with Gasteiger partial charge in [0.1, 0.15) is 0 Å². The summed E-state index contributed by atoms with van der Waals surface area (Å²) in [5.74, 6) is 1.30. The molecule has 0 spiro atoms. The number of nitrogens with zero attached hydrogens (tertiary/aromatic N) is 1. The van der Waals surface area contributed by atoms with E-state index >= 15 is 0 Å². The van der Waals surface area contributed by atoms with E-state index in [4.69, 9.17) is 0 Å². The smallest absolute Gasteiger partial charge is 0.243 e. The van der Waals surface area contributed by atoms with Crippen LogP contribution in [0.25, 0.3) is 0 Å². The number of rotatable bonds is 3. The van der Waals surface area contributed by atoms with E-state index in [1.54, 1.807) is 0 Å². The zero-order valence-corrected chi connectivity index (χ0v) is 12.0. The van der Waals surface area contributed by atoms with Gasteiger partial charge < -0.3 is 0 Å². The maximum Gasteiger partial charge on any atom is 0.243 e. The van der Waals surface area contributed by atoms with Crippen molar-refractivity contribution >= 4 is 11.6 Å². The highest BCUT2D eigenvalue weighted by Crippen LogP contribution is 2.47. The van der Waals surface area contributed by atoms with Crippen molar-refractivity contribution in [1.29, 1.82) is 0 Å². The summed E-state index contributed by atoms with van der Waals surface area (Å²) in [6.07, 6.45) is 5.51. The van der Waals surface area contributed by atoms with Crippen LogP contribution in [-0.4, -0.2) is 11.6 Å². The van der Waals surface area contributed by atoms with Crippen molar-refractivity contribution in [3.05, 3.63) is 35.9 Å². The molecular formula is C17H22N2O. The summed E-state index contributed by atoms with van der Waals surface area (Å²) in [5.41, 5.74) is 5.21. The van der Waals surface area contributed by atoms with E-state index in [2.05, 4.69) is 29.6 Å². The number of benzene rings is 1. The molecular weight excluding hydrogens is 248 g/mol. The van der Waals surface area contributed by atoms with Gasteiger partial charge in [0.15, 0.2) is 0 Å². The van der Waals surface area contributed by atoms with E-state index in [0.29, 0.717) is 11.8 Å². The van der Waals surface area contributed by atoms with Gasteiger partial charge in [0.25, 0.3) is 0 Å². The van der Waals surface area contributed by atoms with E-state index in [0.717, 1.165) is 25.0 Å². The molecule has 0 aromatic heterocycles. The van der Waals surface area contributed by atoms with Crippen LogP contribution >= 0.6 is 0 Å². The summed E-state index contributed by atoms with van der Waals surface area (Å²) in [6.45, 7) is 2.25. The quantitative estimate of drug-likeness (QED) is 0.839. The Morgan fingerprint density at radius 1 is 1.30 bits per heavy atom. The first-order valence-electron chi connectivity index (χ1n) is 7.64. The van der Waals surface area contributed by atoms with Crippen LogP contribution in [0.4, 0.5) is 0 Å². The van der Waals surface area contributed by atoms with Gasteiger partial charge >= 0.3 is 0 Å². The predicted molar refractivity (Wildman–Crippen MR) is 80.5 cm³/mol. The van der Waals surface area contributed by atoms with Crippen molar-refractivity contribution in [3.63, 3.8) is 0 Å². The normalized spacial score (nSPS) is 31.1. The number of hydrogen-bond donors (Lipinski definition) is 1. The van der Waals surface area contributed by atoms with Crippen LogP contribution < -0.4 is 5.43 Å². The Kier molecular flexibility index (Phi) is 3.86. The van der Waals surface area contributed by atoms with Crippen molar-refractivity contribution in [2.45, 2.75) is 44.9 Å². The Morgan fingerprint density at radius 2 is 2.10 bits per heavy atom. The van der Waals surface area contributed by atoms with Crippen LogP contribution in [0, 0.1) is 11.8 Å². The van der Waals surface area contributed by atoms with Crippen molar-refractivity contribution in [2.75, 3.05) is 0 Å². The van der Waals surface area contributed by atoms with E-state index < -0.39 is 0 Å². The summed E-state index contributed by atoms with van der Waals surface area (Å²) >= 11 is 0.